The van der Waals surface area contributed by atoms with Crippen molar-refractivity contribution in [2.45, 2.75) is 32.9 Å². The fourth-order valence-corrected chi connectivity index (χ4v) is 2.41. The maximum Gasteiger partial charge on any atom is 0.146 e. The van der Waals surface area contributed by atoms with Crippen LogP contribution in [0.25, 0.3) is 0 Å². The zero-order valence-electron chi connectivity index (χ0n) is 11.9. The van der Waals surface area contributed by atoms with Crippen LogP contribution in [0.1, 0.15) is 19.4 Å². The van der Waals surface area contributed by atoms with E-state index in [0.717, 1.165) is 25.3 Å². The molecule has 0 aliphatic carbocycles. The number of benzene rings is 1. The molecule has 4 heteroatoms. The summed E-state index contributed by atoms with van der Waals surface area (Å²) in [6.45, 7) is 9.57. The van der Waals surface area contributed by atoms with E-state index in [1.165, 1.54) is 6.07 Å². The summed E-state index contributed by atoms with van der Waals surface area (Å²) < 4.78 is 19.4. The second-order valence-electron chi connectivity index (χ2n) is 5.39. The fraction of sp³-hybridized carbons (Fsp3) is 0.600. The maximum atomic E-state index is 13.7. The van der Waals surface area contributed by atoms with Gasteiger partial charge in [0.05, 0.1) is 18.4 Å². The third-order valence-corrected chi connectivity index (χ3v) is 3.63. The van der Waals surface area contributed by atoms with E-state index >= 15 is 0 Å². The number of morpholine rings is 1. The molecule has 0 amide bonds. The van der Waals surface area contributed by atoms with Gasteiger partial charge < -0.3 is 10.1 Å². The van der Waals surface area contributed by atoms with Crippen molar-refractivity contribution in [3.63, 3.8) is 0 Å². The molecule has 1 aliphatic heterocycles. The Morgan fingerprint density at radius 3 is 2.95 bits per heavy atom. The molecule has 0 radical (unpaired) electrons. The van der Waals surface area contributed by atoms with Crippen LogP contribution in [0.3, 0.4) is 0 Å². The lowest BCUT2D eigenvalue weighted by molar-refractivity contribution is -0.0315. The van der Waals surface area contributed by atoms with Gasteiger partial charge in [-0.3, -0.25) is 4.90 Å². The van der Waals surface area contributed by atoms with Gasteiger partial charge in [0.1, 0.15) is 5.82 Å². The minimum atomic E-state index is -0.198. The van der Waals surface area contributed by atoms with Crippen molar-refractivity contribution in [2.75, 3.05) is 31.6 Å². The smallest absolute Gasteiger partial charge is 0.146 e. The second kappa shape index (κ2) is 6.35. The van der Waals surface area contributed by atoms with E-state index in [0.29, 0.717) is 18.3 Å². The number of aryl methyl sites for hydroxylation is 1. The Labute approximate surface area is 114 Å². The van der Waals surface area contributed by atoms with Crippen LogP contribution in [0.2, 0.25) is 0 Å². The van der Waals surface area contributed by atoms with Crippen LogP contribution in [0.15, 0.2) is 18.2 Å². The van der Waals surface area contributed by atoms with Gasteiger partial charge in [-0.1, -0.05) is 12.1 Å². The van der Waals surface area contributed by atoms with Gasteiger partial charge in [-0.2, -0.15) is 0 Å². The molecule has 0 bridgehead atoms. The SMILES string of the molecule is Cc1cccc(F)c1NCC1CN(C(C)C)CCO1. The molecule has 1 heterocycles. The Morgan fingerprint density at radius 2 is 2.26 bits per heavy atom. The van der Waals surface area contributed by atoms with Crippen LogP contribution in [0.5, 0.6) is 0 Å². The van der Waals surface area contributed by atoms with Gasteiger partial charge in [0.25, 0.3) is 0 Å². The van der Waals surface area contributed by atoms with E-state index in [1.807, 2.05) is 13.0 Å². The van der Waals surface area contributed by atoms with E-state index in [1.54, 1.807) is 6.07 Å². The molecule has 2 rings (SSSR count). The zero-order valence-corrected chi connectivity index (χ0v) is 11.9. The number of halogens is 1. The molecule has 19 heavy (non-hydrogen) atoms. The molecule has 1 aliphatic rings. The molecule has 1 saturated heterocycles. The van der Waals surface area contributed by atoms with Crippen molar-refractivity contribution in [1.82, 2.24) is 4.90 Å². The van der Waals surface area contributed by atoms with Crippen LogP contribution < -0.4 is 5.32 Å². The highest BCUT2D eigenvalue weighted by Crippen LogP contribution is 2.19. The summed E-state index contributed by atoms with van der Waals surface area (Å²) in [6, 6.07) is 5.65. The summed E-state index contributed by atoms with van der Waals surface area (Å²) in [6.07, 6.45) is 0.121. The Kier molecular flexibility index (Phi) is 4.77. The largest absolute Gasteiger partial charge is 0.380 e. The number of nitrogens with one attached hydrogen (secondary N) is 1. The number of para-hydroxylation sites is 1. The molecule has 1 aromatic rings. The first kappa shape index (κ1) is 14.3. The average molecular weight is 266 g/mol. The lowest BCUT2D eigenvalue weighted by Crippen LogP contribution is -2.48. The quantitative estimate of drug-likeness (QED) is 0.906. The van der Waals surface area contributed by atoms with E-state index in [2.05, 4.69) is 24.1 Å². The van der Waals surface area contributed by atoms with Crippen molar-refractivity contribution in [3.8, 4) is 0 Å². The standard InChI is InChI=1S/C15H23FN2O/c1-11(2)18-7-8-19-13(10-18)9-17-15-12(3)5-4-6-14(15)16/h4-6,11,13,17H,7-10H2,1-3H3. The van der Waals surface area contributed by atoms with Crippen LogP contribution in [-0.2, 0) is 4.74 Å². The lowest BCUT2D eigenvalue weighted by atomic mass is 10.1. The molecule has 0 spiro atoms. The molecular weight excluding hydrogens is 243 g/mol. The molecule has 1 atom stereocenters. The first-order valence-electron chi connectivity index (χ1n) is 6.92. The van der Waals surface area contributed by atoms with E-state index < -0.39 is 0 Å². The van der Waals surface area contributed by atoms with Gasteiger partial charge >= 0.3 is 0 Å². The van der Waals surface area contributed by atoms with Gasteiger partial charge in [0, 0.05) is 25.7 Å². The molecular formula is C15H23FN2O. The Bertz CT molecular complexity index is 402. The highest BCUT2D eigenvalue weighted by molar-refractivity contribution is 5.51. The number of ether oxygens (including phenoxy) is 1. The van der Waals surface area contributed by atoms with Crippen LogP contribution >= 0.6 is 0 Å². The first-order chi connectivity index (χ1) is 9.08. The van der Waals surface area contributed by atoms with Gasteiger partial charge in [0.15, 0.2) is 0 Å². The number of anilines is 1. The molecule has 1 fully saturated rings. The summed E-state index contributed by atoms with van der Waals surface area (Å²) in [7, 11) is 0. The average Bonchev–Trinajstić information content (AvgIpc) is 2.38. The van der Waals surface area contributed by atoms with Crippen molar-refractivity contribution >= 4 is 5.69 Å². The first-order valence-corrected chi connectivity index (χ1v) is 6.92. The van der Waals surface area contributed by atoms with Crippen LogP contribution in [0.4, 0.5) is 10.1 Å². The molecule has 1 aromatic carbocycles. The Morgan fingerprint density at radius 1 is 1.47 bits per heavy atom. The van der Waals surface area contributed by atoms with Crippen molar-refractivity contribution in [2.24, 2.45) is 0 Å². The minimum Gasteiger partial charge on any atom is -0.380 e. The predicted octanol–water partition coefficient (Wildman–Crippen LogP) is 2.66. The highest BCUT2D eigenvalue weighted by atomic mass is 19.1. The monoisotopic (exact) mass is 266 g/mol. The van der Waals surface area contributed by atoms with Crippen LogP contribution in [-0.4, -0.2) is 43.3 Å². The van der Waals surface area contributed by atoms with Crippen molar-refractivity contribution < 1.29 is 9.13 Å². The molecule has 0 aromatic heterocycles. The topological polar surface area (TPSA) is 24.5 Å². The molecule has 1 unspecified atom stereocenters. The molecule has 1 N–H and O–H groups in total. The summed E-state index contributed by atoms with van der Waals surface area (Å²) >= 11 is 0. The molecule has 106 valence electrons. The van der Waals surface area contributed by atoms with E-state index in [-0.39, 0.29) is 11.9 Å². The summed E-state index contributed by atoms with van der Waals surface area (Å²) in [5, 5.41) is 3.18. The van der Waals surface area contributed by atoms with Gasteiger partial charge in [-0.05, 0) is 32.4 Å². The minimum absolute atomic E-state index is 0.121. The zero-order chi connectivity index (χ0) is 13.8. The Balaban J connectivity index is 1.92. The van der Waals surface area contributed by atoms with Crippen molar-refractivity contribution in [1.29, 1.82) is 0 Å². The number of hydrogen-bond acceptors (Lipinski definition) is 3. The van der Waals surface area contributed by atoms with Gasteiger partial charge in [-0.15, -0.1) is 0 Å². The van der Waals surface area contributed by atoms with Crippen LogP contribution in [0, 0.1) is 12.7 Å². The summed E-state index contributed by atoms with van der Waals surface area (Å²) in [4.78, 5) is 2.39. The fourth-order valence-electron chi connectivity index (χ4n) is 2.41. The number of hydrogen-bond donors (Lipinski definition) is 1. The van der Waals surface area contributed by atoms with Gasteiger partial charge in [0.2, 0.25) is 0 Å². The molecule has 0 saturated carbocycles. The van der Waals surface area contributed by atoms with E-state index in [9.17, 15) is 4.39 Å². The van der Waals surface area contributed by atoms with E-state index in [4.69, 9.17) is 4.74 Å². The second-order valence-corrected chi connectivity index (χ2v) is 5.39. The van der Waals surface area contributed by atoms with Gasteiger partial charge in [-0.25, -0.2) is 4.39 Å². The third kappa shape index (κ3) is 3.67. The third-order valence-electron chi connectivity index (χ3n) is 3.63. The van der Waals surface area contributed by atoms with Crippen molar-refractivity contribution in [3.05, 3.63) is 29.6 Å². The Hall–Kier alpha value is -1.13. The summed E-state index contributed by atoms with van der Waals surface area (Å²) in [5.74, 6) is -0.198. The highest BCUT2D eigenvalue weighted by Gasteiger charge is 2.22. The molecule has 3 nitrogen and oxygen atoms in total. The lowest BCUT2D eigenvalue weighted by Gasteiger charge is -2.35. The number of rotatable bonds is 4. The normalized spacial score (nSPS) is 20.8. The maximum absolute atomic E-state index is 13.7. The number of nitrogens with zero attached hydrogens (tertiary/aromatic N) is 1. The predicted molar refractivity (Wildman–Crippen MR) is 76.1 cm³/mol. The summed E-state index contributed by atoms with van der Waals surface area (Å²) in [5.41, 5.74) is 1.52.